The number of guanidine groups is 1. The first-order valence-corrected chi connectivity index (χ1v) is 8.21. The van der Waals surface area contributed by atoms with Crippen molar-refractivity contribution in [3.8, 4) is 0 Å². The molecule has 1 N–H and O–H groups in total. The van der Waals surface area contributed by atoms with Crippen molar-refractivity contribution in [2.75, 3.05) is 46.0 Å². The molecule has 1 heterocycles. The Hall–Kier alpha value is -1.17. The fourth-order valence-electron chi connectivity index (χ4n) is 1.98. The minimum absolute atomic E-state index is 0.00951. The van der Waals surface area contributed by atoms with Gasteiger partial charge in [-0.2, -0.15) is 11.8 Å². The van der Waals surface area contributed by atoms with Crippen LogP contribution in [0.1, 0.15) is 20.8 Å². The molecule has 0 aromatic carbocycles. The molecule has 1 rings (SSSR count). The average Bonchev–Trinajstić information content (AvgIpc) is 2.36. The number of carbonyl (C=O) groups excluding carboxylic acids is 1. The number of hydrogen-bond acceptors (Lipinski definition) is 3. The molecule has 1 saturated heterocycles. The van der Waals surface area contributed by atoms with Gasteiger partial charge in [0.15, 0.2) is 5.96 Å². The molecule has 0 radical (unpaired) electrons. The highest BCUT2D eigenvalue weighted by molar-refractivity contribution is 8.00. The molecule has 0 aromatic rings. The van der Waals surface area contributed by atoms with Gasteiger partial charge in [0.05, 0.1) is 0 Å². The minimum Gasteiger partial charge on any atom is -0.353 e. The lowest BCUT2D eigenvalue weighted by molar-refractivity contribution is -0.127. The Bertz CT molecular complexity index is 418. The summed E-state index contributed by atoms with van der Waals surface area (Å²) in [4.78, 5) is 20.0. The molecule has 5 nitrogen and oxygen atoms in total. The van der Waals surface area contributed by atoms with Crippen LogP contribution in [0.15, 0.2) is 17.1 Å². The van der Waals surface area contributed by atoms with Gasteiger partial charge in [0, 0.05) is 44.2 Å². The van der Waals surface area contributed by atoms with E-state index in [2.05, 4.69) is 35.6 Å². The predicted octanol–water partition coefficient (Wildman–Crippen LogP) is 1.42. The normalized spacial score (nSPS) is 18.3. The van der Waals surface area contributed by atoms with Gasteiger partial charge in [0.1, 0.15) is 6.54 Å². The molecular weight excluding hydrogens is 284 g/mol. The van der Waals surface area contributed by atoms with E-state index in [1.807, 2.05) is 18.7 Å². The number of hydrogen-bond donors (Lipinski definition) is 1. The smallest absolute Gasteiger partial charge is 0.243 e. The molecule has 0 unspecified atom stereocenters. The van der Waals surface area contributed by atoms with Crippen LogP contribution < -0.4 is 5.32 Å². The summed E-state index contributed by atoms with van der Waals surface area (Å²) in [6, 6.07) is 0. The number of likely N-dealkylation sites (N-methyl/N-ethyl adjacent to an activating group) is 1. The SMILES string of the molecule is C=C(C)CNC(=NCC(=O)N(C)C)N1CCSC(C)(C)C1. The Morgan fingerprint density at radius 2 is 2.14 bits per heavy atom. The van der Waals surface area contributed by atoms with Gasteiger partial charge in [-0.1, -0.05) is 12.2 Å². The highest BCUT2D eigenvalue weighted by Gasteiger charge is 2.28. The monoisotopic (exact) mass is 312 g/mol. The summed E-state index contributed by atoms with van der Waals surface area (Å²) in [6.07, 6.45) is 0. The maximum Gasteiger partial charge on any atom is 0.243 e. The van der Waals surface area contributed by atoms with Crippen molar-refractivity contribution in [1.82, 2.24) is 15.1 Å². The van der Waals surface area contributed by atoms with Crippen molar-refractivity contribution in [3.05, 3.63) is 12.2 Å². The molecule has 1 fully saturated rings. The van der Waals surface area contributed by atoms with Crippen LogP contribution in [0.4, 0.5) is 0 Å². The standard InChI is InChI=1S/C15H28N4OS/c1-12(2)9-16-14(17-10-13(20)18(5)6)19-7-8-21-15(3,4)11-19/h1,7-11H2,2-6H3,(H,16,17). The maximum atomic E-state index is 11.7. The van der Waals surface area contributed by atoms with Crippen LogP contribution in [0.5, 0.6) is 0 Å². The fraction of sp³-hybridized carbons (Fsp3) is 0.733. The van der Waals surface area contributed by atoms with Gasteiger partial charge in [0.2, 0.25) is 5.91 Å². The van der Waals surface area contributed by atoms with Crippen LogP contribution >= 0.6 is 11.8 Å². The molecule has 0 aliphatic carbocycles. The zero-order valence-corrected chi connectivity index (χ0v) is 14.7. The average molecular weight is 312 g/mol. The van der Waals surface area contributed by atoms with Gasteiger partial charge in [-0.05, 0) is 20.8 Å². The second-order valence-corrected chi connectivity index (χ2v) is 8.07. The minimum atomic E-state index is 0.00951. The van der Waals surface area contributed by atoms with Crippen molar-refractivity contribution >= 4 is 23.6 Å². The van der Waals surface area contributed by atoms with Crippen LogP contribution in [-0.2, 0) is 4.79 Å². The van der Waals surface area contributed by atoms with Gasteiger partial charge in [-0.25, -0.2) is 4.99 Å². The first kappa shape index (κ1) is 17.9. The topological polar surface area (TPSA) is 47.9 Å². The lowest BCUT2D eigenvalue weighted by Crippen LogP contribution is -2.51. The largest absolute Gasteiger partial charge is 0.353 e. The number of nitrogens with one attached hydrogen (secondary N) is 1. The van der Waals surface area contributed by atoms with Crippen LogP contribution in [0, 0.1) is 0 Å². The molecule has 1 aliphatic heterocycles. The summed E-state index contributed by atoms with van der Waals surface area (Å²) in [5.74, 6) is 1.89. The third kappa shape index (κ3) is 6.42. The number of aliphatic imine (C=N–C) groups is 1. The van der Waals surface area contributed by atoms with Crippen LogP contribution in [0.3, 0.4) is 0 Å². The molecule has 0 spiro atoms. The molecule has 1 aliphatic rings. The van der Waals surface area contributed by atoms with Gasteiger partial charge >= 0.3 is 0 Å². The zero-order valence-electron chi connectivity index (χ0n) is 13.9. The molecule has 120 valence electrons. The summed E-state index contributed by atoms with van der Waals surface area (Å²) >= 11 is 1.98. The quantitative estimate of drug-likeness (QED) is 0.485. The number of thioether (sulfide) groups is 1. The highest BCUT2D eigenvalue weighted by atomic mass is 32.2. The van der Waals surface area contributed by atoms with E-state index in [1.54, 1.807) is 19.0 Å². The van der Waals surface area contributed by atoms with Crippen molar-refractivity contribution in [2.24, 2.45) is 4.99 Å². The maximum absolute atomic E-state index is 11.7. The Labute approximate surface area is 132 Å². The van der Waals surface area contributed by atoms with Crippen molar-refractivity contribution in [2.45, 2.75) is 25.5 Å². The molecule has 21 heavy (non-hydrogen) atoms. The third-order valence-corrected chi connectivity index (χ3v) is 4.43. The predicted molar refractivity (Wildman–Crippen MR) is 91.9 cm³/mol. The first-order chi connectivity index (χ1) is 9.71. The van der Waals surface area contributed by atoms with E-state index in [9.17, 15) is 4.79 Å². The number of amides is 1. The van der Waals surface area contributed by atoms with Crippen LogP contribution in [0.2, 0.25) is 0 Å². The molecular formula is C15H28N4OS. The summed E-state index contributed by atoms with van der Waals surface area (Å²) in [5.41, 5.74) is 1.05. The Balaban J connectivity index is 2.78. The van der Waals surface area contributed by atoms with Gasteiger partial charge in [-0.3, -0.25) is 4.79 Å². The Kier molecular flexibility index (Phi) is 6.58. The van der Waals surface area contributed by atoms with Crippen molar-refractivity contribution < 1.29 is 4.79 Å². The molecule has 0 aromatic heterocycles. The highest BCUT2D eigenvalue weighted by Crippen LogP contribution is 2.29. The second-order valence-electron chi connectivity index (χ2n) is 6.27. The fourth-order valence-corrected chi connectivity index (χ4v) is 3.09. The third-order valence-electron chi connectivity index (χ3n) is 3.14. The van der Waals surface area contributed by atoms with E-state index in [1.165, 1.54) is 0 Å². The van der Waals surface area contributed by atoms with Crippen LogP contribution in [-0.4, -0.2) is 72.4 Å². The van der Waals surface area contributed by atoms with E-state index >= 15 is 0 Å². The number of rotatable bonds is 4. The molecule has 6 heteroatoms. The lowest BCUT2D eigenvalue weighted by atomic mass is 10.2. The first-order valence-electron chi connectivity index (χ1n) is 7.23. The lowest BCUT2D eigenvalue weighted by Gasteiger charge is -2.39. The molecule has 0 saturated carbocycles. The van der Waals surface area contributed by atoms with E-state index in [0.717, 1.165) is 30.4 Å². The molecule has 0 bridgehead atoms. The van der Waals surface area contributed by atoms with E-state index in [-0.39, 0.29) is 17.2 Å². The molecule has 0 atom stereocenters. The summed E-state index contributed by atoms with van der Waals surface area (Å²) < 4.78 is 0.204. The second kappa shape index (κ2) is 7.73. The van der Waals surface area contributed by atoms with Crippen molar-refractivity contribution in [1.29, 1.82) is 0 Å². The van der Waals surface area contributed by atoms with Gasteiger partial charge in [0.25, 0.3) is 0 Å². The van der Waals surface area contributed by atoms with Gasteiger partial charge in [-0.15, -0.1) is 0 Å². The van der Waals surface area contributed by atoms with Crippen molar-refractivity contribution in [3.63, 3.8) is 0 Å². The van der Waals surface area contributed by atoms with E-state index in [0.29, 0.717) is 6.54 Å². The van der Waals surface area contributed by atoms with Crippen LogP contribution in [0.25, 0.3) is 0 Å². The number of nitrogens with zero attached hydrogens (tertiary/aromatic N) is 3. The van der Waals surface area contributed by atoms with E-state index in [4.69, 9.17) is 0 Å². The Morgan fingerprint density at radius 1 is 1.48 bits per heavy atom. The summed E-state index contributed by atoms with van der Waals surface area (Å²) in [6.45, 7) is 13.1. The van der Waals surface area contributed by atoms with E-state index < -0.39 is 0 Å². The summed E-state index contributed by atoms with van der Waals surface area (Å²) in [5, 5.41) is 3.32. The molecule has 1 amide bonds. The Morgan fingerprint density at radius 3 is 2.67 bits per heavy atom. The number of carbonyl (C=O) groups is 1. The summed E-state index contributed by atoms with van der Waals surface area (Å²) in [7, 11) is 3.50. The zero-order chi connectivity index (χ0) is 16.0. The van der Waals surface area contributed by atoms with Gasteiger partial charge < -0.3 is 15.1 Å².